The van der Waals surface area contributed by atoms with E-state index in [2.05, 4.69) is 32.2 Å². The predicted molar refractivity (Wildman–Crippen MR) is 158 cm³/mol. The van der Waals surface area contributed by atoms with Gasteiger partial charge in [-0.25, -0.2) is 19.0 Å². The largest absolute Gasteiger partial charge is 0.477 e. The van der Waals surface area contributed by atoms with Crippen molar-refractivity contribution in [3.63, 3.8) is 0 Å². The number of nitrogens with zero attached hydrogens (tertiary/aromatic N) is 8. The number of amides is 1. The number of carboxylic acids is 1. The summed E-state index contributed by atoms with van der Waals surface area (Å²) in [7, 11) is 0. The molecule has 6 rings (SSSR count). The summed E-state index contributed by atoms with van der Waals surface area (Å²) in [6, 6.07) is 11.1. The molecule has 1 N–H and O–H groups in total. The van der Waals surface area contributed by atoms with E-state index in [4.69, 9.17) is 4.52 Å². The average Bonchev–Trinajstić information content (AvgIpc) is 3.74. The van der Waals surface area contributed by atoms with Gasteiger partial charge in [-0.3, -0.25) is 9.69 Å². The predicted octanol–water partition coefficient (Wildman–Crippen LogP) is 5.32. The van der Waals surface area contributed by atoms with Gasteiger partial charge in [-0.1, -0.05) is 45.0 Å². The Labute approximate surface area is 248 Å². The van der Waals surface area contributed by atoms with Crippen molar-refractivity contribution < 1.29 is 19.2 Å². The van der Waals surface area contributed by atoms with Crippen molar-refractivity contribution in [2.24, 2.45) is 11.8 Å². The van der Waals surface area contributed by atoms with E-state index in [0.717, 1.165) is 42.6 Å². The lowest BCUT2D eigenvalue weighted by Crippen LogP contribution is -2.38. The van der Waals surface area contributed by atoms with Crippen LogP contribution in [0.15, 0.2) is 59.5 Å². The number of hydrogen-bond donors (Lipinski definition) is 1. The van der Waals surface area contributed by atoms with E-state index < -0.39 is 5.97 Å². The highest BCUT2D eigenvalue weighted by atomic mass is 16.5. The number of carbonyl (C=O) groups excluding carboxylic acids is 1. The minimum absolute atomic E-state index is 0.0498. The summed E-state index contributed by atoms with van der Waals surface area (Å²) >= 11 is 0. The van der Waals surface area contributed by atoms with Crippen LogP contribution in [0.4, 0.5) is 5.82 Å². The number of carbonyl (C=O) groups is 2. The first-order valence-corrected chi connectivity index (χ1v) is 14.5. The van der Waals surface area contributed by atoms with Crippen molar-refractivity contribution in [1.29, 1.82) is 0 Å². The molecule has 1 aliphatic rings. The first kappa shape index (κ1) is 28.3. The Kier molecular flexibility index (Phi) is 7.28. The molecule has 0 aliphatic heterocycles. The van der Waals surface area contributed by atoms with Crippen LogP contribution in [0.5, 0.6) is 0 Å². The molecule has 222 valence electrons. The molecule has 0 unspecified atom stereocenters. The number of aromatic nitrogens is 7. The summed E-state index contributed by atoms with van der Waals surface area (Å²) in [6.45, 7) is 8.00. The van der Waals surface area contributed by atoms with Crippen LogP contribution in [0, 0.1) is 11.8 Å². The Bertz CT molecular complexity index is 1740. The maximum Gasteiger partial charge on any atom is 0.341 e. The lowest BCUT2D eigenvalue weighted by Gasteiger charge is -2.29. The minimum atomic E-state index is -1.19. The van der Waals surface area contributed by atoms with Gasteiger partial charge in [-0.15, -0.1) is 5.10 Å². The molecule has 5 aromatic rings. The van der Waals surface area contributed by atoms with Gasteiger partial charge in [0, 0.05) is 41.6 Å². The first-order valence-electron chi connectivity index (χ1n) is 14.5. The summed E-state index contributed by atoms with van der Waals surface area (Å²) < 4.78 is 8.66. The molecule has 12 nitrogen and oxygen atoms in total. The van der Waals surface area contributed by atoms with E-state index in [0.29, 0.717) is 23.3 Å². The Hall–Kier alpha value is -4.87. The van der Waals surface area contributed by atoms with Crippen LogP contribution in [-0.4, -0.2) is 51.5 Å². The summed E-state index contributed by atoms with van der Waals surface area (Å²) in [6.07, 6.45) is 8.33. The molecule has 0 bridgehead atoms. The quantitative estimate of drug-likeness (QED) is 0.269. The Balaban J connectivity index is 1.35. The molecule has 1 fully saturated rings. The van der Waals surface area contributed by atoms with Crippen molar-refractivity contribution >= 4 is 23.3 Å². The van der Waals surface area contributed by atoms with Crippen LogP contribution >= 0.6 is 0 Å². The molecule has 43 heavy (non-hydrogen) atoms. The lowest BCUT2D eigenvalue weighted by molar-refractivity contribution is -0.123. The zero-order valence-corrected chi connectivity index (χ0v) is 24.6. The molecule has 0 radical (unpaired) electrons. The number of hydrogen-bond acceptors (Lipinski definition) is 8. The lowest BCUT2D eigenvalue weighted by atomic mass is 9.82. The van der Waals surface area contributed by atoms with Gasteiger partial charge in [0.2, 0.25) is 11.8 Å². The van der Waals surface area contributed by atoms with Crippen LogP contribution in [0.25, 0.3) is 22.6 Å². The van der Waals surface area contributed by atoms with Crippen molar-refractivity contribution in [3.05, 3.63) is 72.3 Å². The van der Waals surface area contributed by atoms with Crippen molar-refractivity contribution in [2.45, 2.75) is 65.3 Å². The topological polar surface area (TPSA) is 145 Å². The standard InChI is InChI=1S/C31H34N8O4/c1-19-6-8-21(9-7-19)28(40)37(18-25-33-30(43-36-25)31(2,3)4)27-23(29(41)42)17-39(35-27)22-12-10-20(11-13-22)24-16-26-32-14-5-15-38(26)34-24/h5,10-17,19,21H,6-9,18H2,1-4H3,(H,41,42)/t19-,21-. The third kappa shape index (κ3) is 5.77. The molecular formula is C31H34N8O4. The van der Waals surface area contributed by atoms with Gasteiger partial charge in [0.15, 0.2) is 17.3 Å². The van der Waals surface area contributed by atoms with Gasteiger partial charge >= 0.3 is 5.97 Å². The highest BCUT2D eigenvalue weighted by molar-refractivity contribution is 6.01. The summed E-state index contributed by atoms with van der Waals surface area (Å²) in [4.78, 5) is 36.7. The second-order valence-corrected chi connectivity index (χ2v) is 12.3. The van der Waals surface area contributed by atoms with Gasteiger partial charge in [-0.05, 0) is 49.8 Å². The van der Waals surface area contributed by atoms with E-state index >= 15 is 0 Å². The molecule has 0 atom stereocenters. The second kappa shape index (κ2) is 11.1. The molecule has 4 heterocycles. The normalized spacial score (nSPS) is 17.3. The van der Waals surface area contributed by atoms with Gasteiger partial charge in [0.05, 0.1) is 17.9 Å². The van der Waals surface area contributed by atoms with Gasteiger partial charge in [0.1, 0.15) is 5.56 Å². The van der Waals surface area contributed by atoms with Gasteiger partial charge < -0.3 is 9.63 Å². The van der Waals surface area contributed by atoms with E-state index in [1.807, 2.05) is 63.4 Å². The van der Waals surface area contributed by atoms with E-state index in [1.165, 1.54) is 15.8 Å². The highest BCUT2D eigenvalue weighted by Crippen LogP contribution is 2.33. The number of benzene rings is 1. The fourth-order valence-electron chi connectivity index (χ4n) is 5.35. The Morgan fingerprint density at radius 2 is 1.84 bits per heavy atom. The third-order valence-electron chi connectivity index (χ3n) is 7.88. The molecule has 12 heteroatoms. The molecule has 1 aromatic carbocycles. The monoisotopic (exact) mass is 582 g/mol. The van der Waals surface area contributed by atoms with Crippen LogP contribution < -0.4 is 4.90 Å². The smallest absolute Gasteiger partial charge is 0.341 e. The Morgan fingerprint density at radius 3 is 2.49 bits per heavy atom. The summed E-state index contributed by atoms with van der Waals surface area (Å²) in [5, 5.41) is 23.5. The van der Waals surface area contributed by atoms with Crippen molar-refractivity contribution in [3.8, 4) is 16.9 Å². The summed E-state index contributed by atoms with van der Waals surface area (Å²) in [5.74, 6) is -0.278. The number of carboxylic acid groups (broad SMARTS) is 1. The van der Waals surface area contributed by atoms with E-state index in [9.17, 15) is 14.7 Å². The second-order valence-electron chi connectivity index (χ2n) is 12.3. The van der Waals surface area contributed by atoms with E-state index in [-0.39, 0.29) is 35.2 Å². The average molecular weight is 583 g/mol. The van der Waals surface area contributed by atoms with E-state index in [1.54, 1.807) is 10.7 Å². The Morgan fingerprint density at radius 1 is 1.09 bits per heavy atom. The third-order valence-corrected chi connectivity index (χ3v) is 7.88. The van der Waals surface area contributed by atoms with Gasteiger partial charge in [0.25, 0.3) is 0 Å². The zero-order valence-electron chi connectivity index (χ0n) is 24.6. The number of rotatable bonds is 7. The SMILES string of the molecule is CC(C)(C)c1nc(CN(c2nn(-c3ccc(-c4cc5ncccn5n4)cc3)cc2C(=O)O)C(=O)[C@H]2CC[C@H](C)CC2)no1. The fourth-order valence-corrected chi connectivity index (χ4v) is 5.35. The number of aromatic carboxylic acids is 1. The molecule has 0 saturated heterocycles. The van der Waals surface area contributed by atoms with Crippen molar-refractivity contribution in [2.75, 3.05) is 4.90 Å². The molecular weight excluding hydrogens is 548 g/mol. The molecule has 1 saturated carbocycles. The maximum absolute atomic E-state index is 14.0. The zero-order chi connectivity index (χ0) is 30.3. The van der Waals surface area contributed by atoms with Crippen molar-refractivity contribution in [1.82, 2.24) is 34.5 Å². The molecule has 1 aliphatic carbocycles. The first-order chi connectivity index (χ1) is 20.6. The van der Waals surface area contributed by atoms with Crippen LogP contribution in [-0.2, 0) is 16.8 Å². The van der Waals surface area contributed by atoms with Crippen LogP contribution in [0.3, 0.4) is 0 Å². The highest BCUT2D eigenvalue weighted by Gasteiger charge is 2.34. The number of anilines is 1. The minimum Gasteiger partial charge on any atom is -0.477 e. The summed E-state index contributed by atoms with van der Waals surface area (Å²) in [5.41, 5.74) is 2.53. The molecule has 0 spiro atoms. The molecule has 1 amide bonds. The fraction of sp³-hybridized carbons (Fsp3) is 0.387. The van der Waals surface area contributed by atoms with Gasteiger partial charge in [-0.2, -0.15) is 10.1 Å². The molecule has 4 aromatic heterocycles. The maximum atomic E-state index is 14.0. The van der Waals surface area contributed by atoms with Crippen LogP contribution in [0.2, 0.25) is 0 Å². The number of fused-ring (bicyclic) bond motifs is 1. The van der Waals surface area contributed by atoms with Crippen LogP contribution in [0.1, 0.15) is 75.5 Å².